The minimum Gasteiger partial charge on any atom is -0.388 e. The highest BCUT2D eigenvalue weighted by Gasteiger charge is 2.30. The molecule has 20 heavy (non-hydrogen) atoms. The first-order valence-corrected chi connectivity index (χ1v) is 7.54. The molecule has 6 heteroatoms. The van der Waals surface area contributed by atoms with E-state index >= 15 is 0 Å². The highest BCUT2D eigenvalue weighted by Crippen LogP contribution is 2.20. The van der Waals surface area contributed by atoms with Crippen molar-refractivity contribution in [3.05, 3.63) is 21.9 Å². The number of aliphatic hydroxyl groups is 1. The molecule has 2 rings (SSSR count). The van der Waals surface area contributed by atoms with Crippen molar-refractivity contribution in [3.8, 4) is 0 Å². The van der Waals surface area contributed by atoms with E-state index in [1.807, 2.05) is 13.0 Å². The van der Waals surface area contributed by atoms with Crippen LogP contribution in [0.15, 0.2) is 12.1 Å². The van der Waals surface area contributed by atoms with Crippen LogP contribution in [-0.2, 0) is 4.79 Å². The molecule has 5 nitrogen and oxygen atoms in total. The average Bonchev–Trinajstić information content (AvgIpc) is 2.81. The number of aryl methyl sites for hydroxylation is 1. The summed E-state index contributed by atoms with van der Waals surface area (Å²) in [6.07, 6.45) is 1.49. The molecule has 0 aliphatic carbocycles. The number of piperidine rings is 1. The molecule has 1 aliphatic rings. The van der Waals surface area contributed by atoms with Crippen LogP contribution in [0.5, 0.6) is 0 Å². The second kappa shape index (κ2) is 5.93. The van der Waals surface area contributed by atoms with Crippen LogP contribution in [0, 0.1) is 6.92 Å². The number of hydrogen-bond acceptors (Lipinski definition) is 4. The molecular formula is C14H20N2O3S. The van der Waals surface area contributed by atoms with Crippen LogP contribution in [0.1, 0.15) is 34.3 Å². The Balaban J connectivity index is 1.84. The van der Waals surface area contributed by atoms with Gasteiger partial charge in [-0.3, -0.25) is 9.59 Å². The Morgan fingerprint density at radius 3 is 2.85 bits per heavy atom. The van der Waals surface area contributed by atoms with Gasteiger partial charge in [-0.05, 0) is 38.8 Å². The lowest BCUT2D eigenvalue weighted by Gasteiger charge is -2.36. The van der Waals surface area contributed by atoms with Crippen molar-refractivity contribution in [2.45, 2.75) is 32.3 Å². The van der Waals surface area contributed by atoms with E-state index in [1.165, 1.54) is 11.3 Å². The van der Waals surface area contributed by atoms with Gasteiger partial charge in [0.1, 0.15) is 0 Å². The van der Waals surface area contributed by atoms with Crippen molar-refractivity contribution < 1.29 is 14.7 Å². The highest BCUT2D eigenvalue weighted by molar-refractivity contribution is 7.13. The summed E-state index contributed by atoms with van der Waals surface area (Å²) in [6.45, 7) is 4.62. The predicted octanol–water partition coefficient (Wildman–Crippen LogP) is 1.16. The molecule has 1 aromatic heterocycles. The van der Waals surface area contributed by atoms with Gasteiger partial charge < -0.3 is 15.3 Å². The van der Waals surface area contributed by atoms with Crippen molar-refractivity contribution in [3.63, 3.8) is 0 Å². The fourth-order valence-corrected chi connectivity index (χ4v) is 3.13. The Morgan fingerprint density at radius 1 is 1.50 bits per heavy atom. The smallest absolute Gasteiger partial charge is 0.261 e. The lowest BCUT2D eigenvalue weighted by molar-refractivity contribution is -0.136. The topological polar surface area (TPSA) is 69.6 Å². The summed E-state index contributed by atoms with van der Waals surface area (Å²) in [5.41, 5.74) is -0.817. The number of amides is 2. The minimum atomic E-state index is -0.817. The fourth-order valence-electron chi connectivity index (χ4n) is 2.34. The van der Waals surface area contributed by atoms with Crippen LogP contribution >= 0.6 is 11.3 Å². The molecule has 1 saturated heterocycles. The molecule has 0 saturated carbocycles. The van der Waals surface area contributed by atoms with Crippen molar-refractivity contribution in [2.75, 3.05) is 19.6 Å². The summed E-state index contributed by atoms with van der Waals surface area (Å²) >= 11 is 1.41. The molecule has 0 radical (unpaired) electrons. The van der Waals surface area contributed by atoms with E-state index in [0.717, 1.165) is 11.3 Å². The second-order valence-electron chi connectivity index (χ2n) is 5.51. The largest absolute Gasteiger partial charge is 0.388 e. The van der Waals surface area contributed by atoms with Gasteiger partial charge in [0, 0.05) is 18.0 Å². The zero-order valence-corrected chi connectivity index (χ0v) is 12.6. The maximum Gasteiger partial charge on any atom is 0.261 e. The van der Waals surface area contributed by atoms with Gasteiger partial charge in [0.25, 0.3) is 5.91 Å². The molecule has 1 unspecified atom stereocenters. The van der Waals surface area contributed by atoms with E-state index < -0.39 is 5.60 Å². The Bertz CT molecular complexity index is 510. The first-order valence-electron chi connectivity index (χ1n) is 6.72. The molecule has 0 spiro atoms. The number of nitrogens with one attached hydrogen (secondary N) is 1. The Labute approximate surface area is 122 Å². The molecular weight excluding hydrogens is 276 g/mol. The molecule has 0 bridgehead atoms. The van der Waals surface area contributed by atoms with Crippen LogP contribution in [-0.4, -0.2) is 47.1 Å². The van der Waals surface area contributed by atoms with Crippen LogP contribution in [0.4, 0.5) is 0 Å². The lowest BCUT2D eigenvalue weighted by atomic mass is 9.95. The van der Waals surface area contributed by atoms with Crippen molar-refractivity contribution >= 4 is 23.2 Å². The van der Waals surface area contributed by atoms with Gasteiger partial charge in [-0.25, -0.2) is 0 Å². The molecule has 1 aliphatic heterocycles. The van der Waals surface area contributed by atoms with Crippen molar-refractivity contribution in [2.24, 2.45) is 0 Å². The second-order valence-corrected chi connectivity index (χ2v) is 6.80. The van der Waals surface area contributed by atoms with E-state index in [9.17, 15) is 14.7 Å². The molecule has 0 aromatic carbocycles. The number of β-amino-alcohol motifs (C(OH)–C–C–N with tert-alkyl or cyclic N) is 1. The van der Waals surface area contributed by atoms with Gasteiger partial charge in [-0.2, -0.15) is 0 Å². The molecule has 2 heterocycles. The molecule has 1 aromatic rings. The van der Waals surface area contributed by atoms with Gasteiger partial charge in [-0.1, -0.05) is 0 Å². The quantitative estimate of drug-likeness (QED) is 0.879. The zero-order valence-electron chi connectivity index (χ0n) is 11.8. The van der Waals surface area contributed by atoms with Crippen LogP contribution in [0.3, 0.4) is 0 Å². The van der Waals surface area contributed by atoms with E-state index in [2.05, 4.69) is 5.32 Å². The maximum absolute atomic E-state index is 12.0. The number of hydrogen-bond donors (Lipinski definition) is 2. The Kier molecular flexibility index (Phi) is 4.45. The fraction of sp³-hybridized carbons (Fsp3) is 0.571. The number of carbonyl (C=O) groups is 2. The van der Waals surface area contributed by atoms with Crippen molar-refractivity contribution in [1.82, 2.24) is 10.2 Å². The molecule has 2 N–H and O–H groups in total. The van der Waals surface area contributed by atoms with Crippen LogP contribution in [0.2, 0.25) is 0 Å². The summed E-state index contributed by atoms with van der Waals surface area (Å²) in [7, 11) is 0. The Hall–Kier alpha value is -1.40. The summed E-state index contributed by atoms with van der Waals surface area (Å²) in [5, 5.41) is 12.6. The number of carbonyl (C=O) groups excluding carboxylic acids is 2. The van der Waals surface area contributed by atoms with Crippen LogP contribution in [0.25, 0.3) is 0 Å². The van der Waals surface area contributed by atoms with Crippen LogP contribution < -0.4 is 5.32 Å². The number of likely N-dealkylation sites (tertiary alicyclic amines) is 1. The molecule has 110 valence electrons. The summed E-state index contributed by atoms with van der Waals surface area (Å²) in [4.78, 5) is 27.2. The number of rotatable bonds is 3. The normalized spacial score (nSPS) is 22.6. The predicted molar refractivity (Wildman–Crippen MR) is 77.8 cm³/mol. The first kappa shape index (κ1) is 15.0. The third kappa shape index (κ3) is 3.80. The monoisotopic (exact) mass is 296 g/mol. The third-order valence-corrected chi connectivity index (χ3v) is 4.39. The first-order chi connectivity index (χ1) is 9.37. The van der Waals surface area contributed by atoms with E-state index in [4.69, 9.17) is 0 Å². The van der Waals surface area contributed by atoms with Gasteiger partial charge in [0.15, 0.2) is 0 Å². The third-order valence-electron chi connectivity index (χ3n) is 3.39. The van der Waals surface area contributed by atoms with E-state index in [0.29, 0.717) is 24.4 Å². The lowest BCUT2D eigenvalue weighted by Crippen LogP contribution is -2.51. The van der Waals surface area contributed by atoms with Gasteiger partial charge in [0.05, 0.1) is 17.0 Å². The zero-order chi connectivity index (χ0) is 14.8. The summed E-state index contributed by atoms with van der Waals surface area (Å²) in [5.74, 6) is -0.369. The Morgan fingerprint density at radius 2 is 2.25 bits per heavy atom. The molecule has 1 fully saturated rings. The number of thiophene rings is 1. The number of nitrogens with zero attached hydrogens (tertiary/aromatic N) is 1. The maximum atomic E-state index is 12.0. The molecule has 1 atom stereocenters. The average molecular weight is 296 g/mol. The summed E-state index contributed by atoms with van der Waals surface area (Å²) in [6, 6.07) is 3.63. The van der Waals surface area contributed by atoms with Gasteiger partial charge in [-0.15, -0.1) is 11.3 Å². The SMILES string of the molecule is Cc1ccc(C(=O)NCC(=O)N2CCCC(C)(O)C2)s1. The van der Waals surface area contributed by atoms with Crippen molar-refractivity contribution in [1.29, 1.82) is 0 Å². The standard InChI is InChI=1S/C14H20N2O3S/c1-10-4-5-11(20-10)13(18)15-8-12(17)16-7-3-6-14(2,19)9-16/h4-5,19H,3,6-9H2,1-2H3,(H,15,18). The minimum absolute atomic E-state index is 0.0220. The van der Waals surface area contributed by atoms with E-state index in [-0.39, 0.29) is 18.4 Å². The van der Waals surface area contributed by atoms with Gasteiger partial charge >= 0.3 is 0 Å². The van der Waals surface area contributed by atoms with E-state index in [1.54, 1.807) is 17.9 Å². The highest BCUT2D eigenvalue weighted by atomic mass is 32.1. The van der Waals surface area contributed by atoms with Gasteiger partial charge in [0.2, 0.25) is 5.91 Å². The molecule has 2 amide bonds. The summed E-state index contributed by atoms with van der Waals surface area (Å²) < 4.78 is 0.